The van der Waals surface area contributed by atoms with Gasteiger partial charge in [-0.05, 0) is 49.6 Å². The molecule has 1 atom stereocenters. The van der Waals surface area contributed by atoms with Crippen LogP contribution in [0.3, 0.4) is 0 Å². The first-order valence-corrected chi connectivity index (χ1v) is 6.31. The number of rotatable bonds is 2. The van der Waals surface area contributed by atoms with Crippen LogP contribution in [0.5, 0.6) is 0 Å². The second-order valence-electron chi connectivity index (χ2n) is 4.44. The molecule has 1 aliphatic heterocycles. The van der Waals surface area contributed by atoms with Gasteiger partial charge in [-0.15, -0.1) is 0 Å². The van der Waals surface area contributed by atoms with Gasteiger partial charge in [-0.3, -0.25) is 0 Å². The van der Waals surface area contributed by atoms with Crippen LogP contribution in [-0.4, -0.2) is 12.6 Å². The summed E-state index contributed by atoms with van der Waals surface area (Å²) in [6, 6.07) is 5.05. The minimum Gasteiger partial charge on any atom is -0.314 e. The van der Waals surface area contributed by atoms with E-state index in [0.29, 0.717) is 11.1 Å². The Morgan fingerprint density at radius 1 is 1.31 bits per heavy atom. The van der Waals surface area contributed by atoms with Gasteiger partial charge >= 0.3 is 0 Å². The monoisotopic (exact) mass is 241 g/mol. The van der Waals surface area contributed by atoms with Crippen LogP contribution < -0.4 is 5.32 Å². The second-order valence-corrected chi connectivity index (χ2v) is 4.85. The summed E-state index contributed by atoms with van der Waals surface area (Å²) >= 11 is 6.06. The van der Waals surface area contributed by atoms with Crippen LogP contribution in [0.25, 0.3) is 0 Å². The van der Waals surface area contributed by atoms with Crippen molar-refractivity contribution < 1.29 is 4.39 Å². The molecule has 1 aromatic rings. The quantitative estimate of drug-likeness (QED) is 0.835. The normalized spacial score (nSPS) is 21.8. The van der Waals surface area contributed by atoms with Gasteiger partial charge in [0.1, 0.15) is 5.82 Å². The molecule has 1 heterocycles. The molecule has 0 saturated carbocycles. The lowest BCUT2D eigenvalue weighted by Gasteiger charge is -2.16. The predicted molar refractivity (Wildman–Crippen MR) is 65.4 cm³/mol. The number of nitrogens with one attached hydrogen (secondary N) is 1. The van der Waals surface area contributed by atoms with Crippen molar-refractivity contribution in [2.24, 2.45) is 0 Å². The van der Waals surface area contributed by atoms with E-state index >= 15 is 0 Å². The van der Waals surface area contributed by atoms with Crippen molar-refractivity contribution in [1.29, 1.82) is 0 Å². The molecule has 1 saturated heterocycles. The maximum Gasteiger partial charge on any atom is 0.123 e. The van der Waals surface area contributed by atoms with Crippen LogP contribution in [0, 0.1) is 5.82 Å². The van der Waals surface area contributed by atoms with Gasteiger partial charge in [0, 0.05) is 11.1 Å². The van der Waals surface area contributed by atoms with E-state index < -0.39 is 0 Å². The minimum absolute atomic E-state index is 0.201. The van der Waals surface area contributed by atoms with E-state index in [0.717, 1.165) is 24.9 Å². The average molecular weight is 242 g/mol. The number of hydrogen-bond donors (Lipinski definition) is 1. The zero-order chi connectivity index (χ0) is 11.4. The highest BCUT2D eigenvalue weighted by atomic mass is 35.5. The van der Waals surface area contributed by atoms with E-state index in [1.54, 1.807) is 12.1 Å². The zero-order valence-corrected chi connectivity index (χ0v) is 10.1. The molecule has 1 nitrogen and oxygen atoms in total. The van der Waals surface area contributed by atoms with Gasteiger partial charge < -0.3 is 5.32 Å². The summed E-state index contributed by atoms with van der Waals surface area (Å²) < 4.78 is 13.1. The smallest absolute Gasteiger partial charge is 0.123 e. The number of benzene rings is 1. The van der Waals surface area contributed by atoms with E-state index in [1.807, 2.05) is 0 Å². The lowest BCUT2D eigenvalue weighted by atomic mass is 10.0. The molecule has 0 bridgehead atoms. The molecule has 0 amide bonds. The molecule has 88 valence electrons. The highest BCUT2D eigenvalue weighted by molar-refractivity contribution is 6.31. The molecule has 16 heavy (non-hydrogen) atoms. The molecule has 1 unspecified atom stereocenters. The van der Waals surface area contributed by atoms with E-state index in [-0.39, 0.29) is 5.82 Å². The fourth-order valence-electron chi connectivity index (χ4n) is 2.24. The summed E-state index contributed by atoms with van der Waals surface area (Å²) in [4.78, 5) is 0. The first-order chi connectivity index (χ1) is 7.75. The minimum atomic E-state index is -0.201. The van der Waals surface area contributed by atoms with Crippen molar-refractivity contribution in [3.8, 4) is 0 Å². The molecular formula is C13H17ClFN. The van der Waals surface area contributed by atoms with Gasteiger partial charge in [-0.2, -0.15) is 0 Å². The molecule has 3 heteroatoms. The van der Waals surface area contributed by atoms with Gasteiger partial charge in [0.25, 0.3) is 0 Å². The Balaban J connectivity index is 2.04. The first-order valence-electron chi connectivity index (χ1n) is 5.93. The van der Waals surface area contributed by atoms with Gasteiger partial charge in [0.15, 0.2) is 0 Å². The van der Waals surface area contributed by atoms with Crippen LogP contribution in [0.1, 0.15) is 31.2 Å². The third kappa shape index (κ3) is 3.19. The fourth-order valence-corrected chi connectivity index (χ4v) is 2.43. The molecule has 0 radical (unpaired) electrons. The largest absolute Gasteiger partial charge is 0.314 e. The van der Waals surface area contributed by atoms with Crippen LogP contribution in [0.2, 0.25) is 5.02 Å². The summed E-state index contributed by atoms with van der Waals surface area (Å²) in [5.41, 5.74) is 0.918. The second kappa shape index (κ2) is 5.65. The van der Waals surface area contributed by atoms with Crippen LogP contribution in [0.15, 0.2) is 18.2 Å². The molecule has 0 aromatic heterocycles. The van der Waals surface area contributed by atoms with E-state index in [1.165, 1.54) is 25.3 Å². The Kier molecular flexibility index (Phi) is 4.19. The van der Waals surface area contributed by atoms with Gasteiger partial charge in [0.05, 0.1) is 0 Å². The molecule has 0 aliphatic carbocycles. The molecule has 1 aliphatic rings. The van der Waals surface area contributed by atoms with Crippen LogP contribution in [-0.2, 0) is 6.42 Å². The molecule has 1 fully saturated rings. The molecular weight excluding hydrogens is 225 g/mol. The Morgan fingerprint density at radius 3 is 3.06 bits per heavy atom. The van der Waals surface area contributed by atoms with Gasteiger partial charge in [0.2, 0.25) is 0 Å². The van der Waals surface area contributed by atoms with Crippen LogP contribution in [0.4, 0.5) is 4.39 Å². The van der Waals surface area contributed by atoms with Crippen LogP contribution >= 0.6 is 11.6 Å². The van der Waals surface area contributed by atoms with Crippen molar-refractivity contribution in [2.45, 2.75) is 38.1 Å². The Hall–Kier alpha value is -0.600. The standard InChI is InChI=1S/C13H17ClFN/c14-13-6-5-11(15)8-10(13)9-12-4-2-1-3-7-16-12/h5-6,8,12,16H,1-4,7,9H2. The lowest BCUT2D eigenvalue weighted by molar-refractivity contribution is 0.506. The number of halogens is 2. The predicted octanol–water partition coefficient (Wildman–Crippen LogP) is 3.55. The Bertz CT molecular complexity index is 346. The number of hydrogen-bond acceptors (Lipinski definition) is 1. The van der Waals surface area contributed by atoms with Gasteiger partial charge in [-0.1, -0.05) is 24.4 Å². The zero-order valence-electron chi connectivity index (χ0n) is 9.31. The summed E-state index contributed by atoms with van der Waals surface area (Å²) in [6.07, 6.45) is 5.78. The fraction of sp³-hybridized carbons (Fsp3) is 0.538. The van der Waals surface area contributed by atoms with E-state index in [4.69, 9.17) is 11.6 Å². The third-order valence-corrected chi connectivity index (χ3v) is 3.51. The molecule has 1 aromatic carbocycles. The third-order valence-electron chi connectivity index (χ3n) is 3.14. The van der Waals surface area contributed by atoms with Gasteiger partial charge in [-0.25, -0.2) is 4.39 Å². The SMILES string of the molecule is Fc1ccc(Cl)c(CC2CCCCCN2)c1. The topological polar surface area (TPSA) is 12.0 Å². The maximum atomic E-state index is 13.1. The Labute approximate surface area is 101 Å². The molecule has 0 spiro atoms. The highest BCUT2D eigenvalue weighted by Crippen LogP contribution is 2.21. The molecule has 2 rings (SSSR count). The van der Waals surface area contributed by atoms with Crippen molar-refractivity contribution in [3.05, 3.63) is 34.6 Å². The maximum absolute atomic E-state index is 13.1. The highest BCUT2D eigenvalue weighted by Gasteiger charge is 2.13. The average Bonchev–Trinajstić information content (AvgIpc) is 2.52. The lowest BCUT2D eigenvalue weighted by Crippen LogP contribution is -2.30. The first kappa shape index (κ1) is 11.9. The van der Waals surface area contributed by atoms with Crippen molar-refractivity contribution in [2.75, 3.05) is 6.54 Å². The van der Waals surface area contributed by atoms with E-state index in [9.17, 15) is 4.39 Å². The summed E-state index contributed by atoms with van der Waals surface area (Å²) in [5.74, 6) is -0.201. The summed E-state index contributed by atoms with van der Waals surface area (Å²) in [5, 5.41) is 4.17. The van der Waals surface area contributed by atoms with Crippen molar-refractivity contribution in [3.63, 3.8) is 0 Å². The van der Waals surface area contributed by atoms with E-state index in [2.05, 4.69) is 5.32 Å². The van der Waals surface area contributed by atoms with Crippen molar-refractivity contribution in [1.82, 2.24) is 5.32 Å². The summed E-state index contributed by atoms with van der Waals surface area (Å²) in [6.45, 7) is 1.07. The summed E-state index contributed by atoms with van der Waals surface area (Å²) in [7, 11) is 0. The van der Waals surface area contributed by atoms with Crippen molar-refractivity contribution >= 4 is 11.6 Å². The Morgan fingerprint density at radius 2 is 2.19 bits per heavy atom. The molecule has 1 N–H and O–H groups in total.